The lowest BCUT2D eigenvalue weighted by atomic mass is 10.1. The highest BCUT2D eigenvalue weighted by molar-refractivity contribution is 5.89. The fourth-order valence-electron chi connectivity index (χ4n) is 3.68. The zero-order valence-corrected chi connectivity index (χ0v) is 17.2. The lowest BCUT2D eigenvalue weighted by molar-refractivity contribution is 0.0652. The standard InChI is InChI=1S/C21H22FN5O4/c1-12(2)31-21(30)26-7-5-14(6-8-26)27-19-11-23-17(10-18(19)24-25-27)13-3-4-15(20(28)29)16(22)9-13/h3-4,9-12,14H,5-8H2,1-2H3,(H,28,29). The van der Waals surface area contributed by atoms with E-state index < -0.39 is 11.8 Å². The highest BCUT2D eigenvalue weighted by Crippen LogP contribution is 2.28. The lowest BCUT2D eigenvalue weighted by Gasteiger charge is -2.31. The number of halogens is 1. The van der Waals surface area contributed by atoms with E-state index in [1.54, 1.807) is 17.2 Å². The van der Waals surface area contributed by atoms with E-state index in [1.165, 1.54) is 12.1 Å². The van der Waals surface area contributed by atoms with Crippen LogP contribution < -0.4 is 0 Å². The SMILES string of the molecule is CC(C)OC(=O)N1CCC(n2nnc3cc(-c4ccc(C(=O)O)c(F)c4)ncc32)CC1. The summed E-state index contributed by atoms with van der Waals surface area (Å²) in [7, 11) is 0. The summed E-state index contributed by atoms with van der Waals surface area (Å²) in [5.74, 6) is -2.14. The monoisotopic (exact) mass is 427 g/mol. The number of carboxylic acid groups (broad SMARTS) is 1. The maximum Gasteiger partial charge on any atom is 0.410 e. The van der Waals surface area contributed by atoms with Gasteiger partial charge in [-0.3, -0.25) is 4.98 Å². The second kappa shape index (κ2) is 8.29. The molecule has 1 aliphatic heterocycles. The molecule has 1 amide bonds. The van der Waals surface area contributed by atoms with Gasteiger partial charge in [-0.15, -0.1) is 5.10 Å². The zero-order valence-electron chi connectivity index (χ0n) is 17.2. The van der Waals surface area contributed by atoms with Gasteiger partial charge < -0.3 is 14.7 Å². The molecule has 3 aromatic rings. The molecule has 0 bridgehead atoms. The van der Waals surface area contributed by atoms with Gasteiger partial charge in [0.1, 0.15) is 16.9 Å². The third-order valence-electron chi connectivity index (χ3n) is 5.26. The first-order valence-corrected chi connectivity index (χ1v) is 10.0. The summed E-state index contributed by atoms with van der Waals surface area (Å²) in [4.78, 5) is 29.2. The number of benzene rings is 1. The summed E-state index contributed by atoms with van der Waals surface area (Å²) in [5, 5.41) is 17.5. The first kappa shape index (κ1) is 20.7. The maximum atomic E-state index is 14.0. The quantitative estimate of drug-likeness (QED) is 0.678. The Labute approximate surface area is 177 Å². The number of likely N-dealkylation sites (tertiary alicyclic amines) is 1. The highest BCUT2D eigenvalue weighted by atomic mass is 19.1. The van der Waals surface area contributed by atoms with E-state index in [1.807, 2.05) is 18.5 Å². The number of ether oxygens (including phenoxy) is 1. The number of piperidine rings is 1. The molecule has 0 aliphatic carbocycles. The summed E-state index contributed by atoms with van der Waals surface area (Å²) in [6.45, 7) is 4.78. The van der Waals surface area contributed by atoms with Crippen molar-refractivity contribution in [1.29, 1.82) is 0 Å². The van der Waals surface area contributed by atoms with Crippen LogP contribution in [0.3, 0.4) is 0 Å². The Balaban J connectivity index is 1.52. The van der Waals surface area contributed by atoms with Crippen molar-refractivity contribution >= 4 is 23.1 Å². The Morgan fingerprint density at radius 3 is 2.61 bits per heavy atom. The number of nitrogens with zero attached hydrogens (tertiary/aromatic N) is 5. The van der Waals surface area contributed by atoms with Gasteiger partial charge in [0.25, 0.3) is 0 Å². The second-order valence-corrected chi connectivity index (χ2v) is 7.74. The number of aromatic carboxylic acids is 1. The van der Waals surface area contributed by atoms with Crippen LogP contribution in [0.5, 0.6) is 0 Å². The van der Waals surface area contributed by atoms with E-state index in [-0.39, 0.29) is 23.8 Å². The number of hydrogen-bond donors (Lipinski definition) is 1. The molecule has 1 aromatic carbocycles. The number of rotatable bonds is 4. The molecule has 0 spiro atoms. The first-order valence-electron chi connectivity index (χ1n) is 10.0. The Hall–Kier alpha value is -3.56. The van der Waals surface area contributed by atoms with Gasteiger partial charge in [-0.05, 0) is 44.9 Å². The van der Waals surface area contributed by atoms with E-state index in [2.05, 4.69) is 15.3 Å². The molecule has 31 heavy (non-hydrogen) atoms. The largest absolute Gasteiger partial charge is 0.478 e. The van der Waals surface area contributed by atoms with Crippen LogP contribution in [0, 0.1) is 5.82 Å². The Bertz CT molecular complexity index is 1140. The molecule has 10 heteroatoms. The van der Waals surface area contributed by atoms with Crippen molar-refractivity contribution in [3.63, 3.8) is 0 Å². The fourth-order valence-corrected chi connectivity index (χ4v) is 3.68. The molecule has 1 aliphatic rings. The number of carbonyl (C=O) groups excluding carboxylic acids is 1. The first-order chi connectivity index (χ1) is 14.8. The van der Waals surface area contributed by atoms with Crippen LogP contribution in [-0.4, -0.2) is 61.2 Å². The van der Waals surface area contributed by atoms with Gasteiger partial charge in [-0.2, -0.15) is 0 Å². The van der Waals surface area contributed by atoms with E-state index in [0.29, 0.717) is 29.9 Å². The Morgan fingerprint density at radius 1 is 1.23 bits per heavy atom. The minimum Gasteiger partial charge on any atom is -0.478 e. The van der Waals surface area contributed by atoms with Crippen molar-refractivity contribution in [2.45, 2.75) is 38.8 Å². The lowest BCUT2D eigenvalue weighted by Crippen LogP contribution is -2.40. The number of aromatic nitrogens is 4. The van der Waals surface area contributed by atoms with Crippen molar-refractivity contribution in [2.75, 3.05) is 13.1 Å². The second-order valence-electron chi connectivity index (χ2n) is 7.74. The summed E-state index contributed by atoms with van der Waals surface area (Å²) in [6, 6.07) is 5.65. The predicted molar refractivity (Wildman–Crippen MR) is 109 cm³/mol. The van der Waals surface area contributed by atoms with Crippen molar-refractivity contribution in [3.8, 4) is 11.3 Å². The van der Waals surface area contributed by atoms with E-state index >= 15 is 0 Å². The number of amides is 1. The molecule has 4 rings (SSSR count). The average molecular weight is 427 g/mol. The van der Waals surface area contributed by atoms with Gasteiger partial charge >= 0.3 is 12.1 Å². The maximum absolute atomic E-state index is 14.0. The number of carboxylic acids is 1. The number of pyridine rings is 1. The Kier molecular flexibility index (Phi) is 5.53. The van der Waals surface area contributed by atoms with E-state index in [4.69, 9.17) is 9.84 Å². The normalized spacial score (nSPS) is 14.9. The van der Waals surface area contributed by atoms with Gasteiger partial charge in [-0.1, -0.05) is 11.3 Å². The number of fused-ring (bicyclic) bond motifs is 1. The van der Waals surface area contributed by atoms with Crippen LogP contribution in [0.1, 0.15) is 43.1 Å². The van der Waals surface area contributed by atoms with Crippen LogP contribution in [0.2, 0.25) is 0 Å². The van der Waals surface area contributed by atoms with Gasteiger partial charge in [0, 0.05) is 18.7 Å². The molecule has 2 aromatic heterocycles. The van der Waals surface area contributed by atoms with Crippen LogP contribution in [-0.2, 0) is 4.74 Å². The summed E-state index contributed by atoms with van der Waals surface area (Å²) >= 11 is 0. The van der Waals surface area contributed by atoms with E-state index in [9.17, 15) is 14.0 Å². The van der Waals surface area contributed by atoms with Crippen LogP contribution in [0.25, 0.3) is 22.3 Å². The van der Waals surface area contributed by atoms with Crippen LogP contribution in [0.15, 0.2) is 30.5 Å². The molecule has 0 atom stereocenters. The average Bonchev–Trinajstić information content (AvgIpc) is 3.16. The fraction of sp³-hybridized carbons (Fsp3) is 0.381. The number of carbonyl (C=O) groups is 2. The van der Waals surface area contributed by atoms with Gasteiger partial charge in [0.2, 0.25) is 0 Å². The highest BCUT2D eigenvalue weighted by Gasteiger charge is 2.27. The molecular formula is C21H22FN5O4. The van der Waals surface area contributed by atoms with Gasteiger partial charge in [0.05, 0.1) is 29.6 Å². The van der Waals surface area contributed by atoms with Crippen molar-refractivity contribution < 1.29 is 23.8 Å². The van der Waals surface area contributed by atoms with Crippen molar-refractivity contribution in [1.82, 2.24) is 24.9 Å². The molecule has 1 saturated heterocycles. The van der Waals surface area contributed by atoms with Crippen molar-refractivity contribution in [2.24, 2.45) is 0 Å². The minimum atomic E-state index is -1.32. The molecule has 0 radical (unpaired) electrons. The topological polar surface area (TPSA) is 110 Å². The third kappa shape index (κ3) is 4.18. The summed E-state index contributed by atoms with van der Waals surface area (Å²) < 4.78 is 21.1. The van der Waals surface area contributed by atoms with Crippen LogP contribution >= 0.6 is 0 Å². The summed E-state index contributed by atoms with van der Waals surface area (Å²) in [5.41, 5.74) is 1.89. The summed E-state index contributed by atoms with van der Waals surface area (Å²) in [6.07, 6.45) is 2.61. The molecular weight excluding hydrogens is 405 g/mol. The molecule has 3 heterocycles. The predicted octanol–water partition coefficient (Wildman–Crippen LogP) is 3.51. The van der Waals surface area contributed by atoms with E-state index in [0.717, 1.165) is 24.4 Å². The molecule has 9 nitrogen and oxygen atoms in total. The minimum absolute atomic E-state index is 0.0769. The molecule has 1 fully saturated rings. The molecule has 162 valence electrons. The Morgan fingerprint density at radius 2 is 1.97 bits per heavy atom. The van der Waals surface area contributed by atoms with Gasteiger partial charge in [-0.25, -0.2) is 18.7 Å². The molecule has 1 N–H and O–H groups in total. The smallest absolute Gasteiger partial charge is 0.410 e. The van der Waals surface area contributed by atoms with Crippen LogP contribution in [0.4, 0.5) is 9.18 Å². The van der Waals surface area contributed by atoms with Crippen molar-refractivity contribution in [3.05, 3.63) is 41.8 Å². The van der Waals surface area contributed by atoms with Gasteiger partial charge in [0.15, 0.2) is 0 Å². The molecule has 0 saturated carbocycles. The zero-order chi connectivity index (χ0) is 22.1. The third-order valence-corrected chi connectivity index (χ3v) is 5.26. The number of hydrogen-bond acceptors (Lipinski definition) is 6. The molecule has 0 unspecified atom stereocenters.